The van der Waals surface area contributed by atoms with Crippen LogP contribution in [0.2, 0.25) is 0 Å². The molecule has 7 nitrogen and oxygen atoms in total. The van der Waals surface area contributed by atoms with Crippen LogP contribution >= 0.6 is 0 Å². The van der Waals surface area contributed by atoms with Crippen molar-refractivity contribution in [3.05, 3.63) is 60.3 Å². The number of imidazole rings is 1. The lowest BCUT2D eigenvalue weighted by atomic mass is 10.0. The van der Waals surface area contributed by atoms with Gasteiger partial charge in [0.2, 0.25) is 0 Å². The molecule has 1 saturated heterocycles. The van der Waals surface area contributed by atoms with Crippen molar-refractivity contribution in [3.8, 4) is 22.5 Å². The number of pyridine rings is 1. The third-order valence-corrected chi connectivity index (χ3v) is 5.20. The molecule has 0 bridgehead atoms. The smallest absolute Gasteiger partial charge is 0.155 e. The van der Waals surface area contributed by atoms with Gasteiger partial charge in [0.25, 0.3) is 0 Å². The maximum Gasteiger partial charge on any atom is 0.155 e. The largest absolute Gasteiger partial charge is 0.340 e. The molecule has 0 aliphatic carbocycles. The Labute approximate surface area is 163 Å². The van der Waals surface area contributed by atoms with Gasteiger partial charge >= 0.3 is 0 Å². The molecule has 7 heteroatoms. The summed E-state index contributed by atoms with van der Waals surface area (Å²) in [6.07, 6.45) is 3.51. The van der Waals surface area contributed by atoms with E-state index in [1.165, 1.54) is 5.56 Å². The Morgan fingerprint density at radius 3 is 2.82 bits per heavy atom. The second kappa shape index (κ2) is 7.18. The molecule has 2 N–H and O–H groups in total. The first-order valence-electron chi connectivity index (χ1n) is 9.65. The molecule has 1 aromatic carbocycles. The van der Waals surface area contributed by atoms with E-state index in [2.05, 4.69) is 68.6 Å². The van der Waals surface area contributed by atoms with E-state index in [4.69, 9.17) is 4.98 Å². The summed E-state index contributed by atoms with van der Waals surface area (Å²) in [5.41, 5.74) is 6.25. The second-order valence-electron chi connectivity index (χ2n) is 7.28. The number of piperazine rings is 1. The quantitative estimate of drug-likeness (QED) is 0.575. The highest BCUT2D eigenvalue weighted by Gasteiger charge is 2.18. The van der Waals surface area contributed by atoms with E-state index >= 15 is 0 Å². The van der Waals surface area contributed by atoms with Crippen LogP contribution in [0.3, 0.4) is 0 Å². The van der Waals surface area contributed by atoms with Crippen molar-refractivity contribution in [2.24, 2.45) is 0 Å². The SMILES string of the molecule is Cc1cccc(-c2nc(CN3CCNCC3)[nH]c2-c2ccn3ncnc3c2)c1. The summed E-state index contributed by atoms with van der Waals surface area (Å²) in [6.45, 7) is 7.08. The van der Waals surface area contributed by atoms with Gasteiger partial charge in [-0.25, -0.2) is 14.5 Å². The van der Waals surface area contributed by atoms with Crippen molar-refractivity contribution in [3.63, 3.8) is 0 Å². The number of fused-ring (bicyclic) bond motifs is 1. The summed E-state index contributed by atoms with van der Waals surface area (Å²) >= 11 is 0. The molecule has 0 atom stereocenters. The monoisotopic (exact) mass is 373 g/mol. The van der Waals surface area contributed by atoms with Gasteiger partial charge in [-0.3, -0.25) is 4.90 Å². The topological polar surface area (TPSA) is 74.1 Å². The Kier molecular flexibility index (Phi) is 4.38. The normalized spacial score (nSPS) is 15.3. The van der Waals surface area contributed by atoms with Gasteiger partial charge in [0.1, 0.15) is 12.2 Å². The van der Waals surface area contributed by atoms with E-state index < -0.39 is 0 Å². The minimum absolute atomic E-state index is 0.825. The molecule has 142 valence electrons. The molecule has 0 unspecified atom stereocenters. The molecule has 0 amide bonds. The maximum absolute atomic E-state index is 5.00. The number of hydrogen-bond donors (Lipinski definition) is 2. The molecule has 0 spiro atoms. The zero-order chi connectivity index (χ0) is 18.9. The van der Waals surface area contributed by atoms with Crippen LogP contribution in [0.5, 0.6) is 0 Å². The van der Waals surface area contributed by atoms with E-state index in [9.17, 15) is 0 Å². The van der Waals surface area contributed by atoms with E-state index in [0.29, 0.717) is 0 Å². The van der Waals surface area contributed by atoms with Crippen LogP contribution in [0.25, 0.3) is 28.2 Å². The average molecular weight is 373 g/mol. The van der Waals surface area contributed by atoms with Crippen molar-refractivity contribution in [1.82, 2.24) is 34.8 Å². The molecule has 28 heavy (non-hydrogen) atoms. The molecule has 0 radical (unpaired) electrons. The number of nitrogens with one attached hydrogen (secondary N) is 2. The van der Waals surface area contributed by atoms with Gasteiger partial charge in [0.15, 0.2) is 5.65 Å². The zero-order valence-electron chi connectivity index (χ0n) is 15.9. The third kappa shape index (κ3) is 3.30. The lowest BCUT2D eigenvalue weighted by Gasteiger charge is -2.26. The first kappa shape index (κ1) is 17.1. The van der Waals surface area contributed by atoms with Crippen molar-refractivity contribution in [1.29, 1.82) is 0 Å². The Morgan fingerprint density at radius 2 is 1.96 bits per heavy atom. The minimum atomic E-state index is 0.825. The first-order chi connectivity index (χ1) is 13.8. The summed E-state index contributed by atoms with van der Waals surface area (Å²) < 4.78 is 1.77. The number of hydrogen-bond acceptors (Lipinski definition) is 5. The second-order valence-corrected chi connectivity index (χ2v) is 7.28. The van der Waals surface area contributed by atoms with Gasteiger partial charge in [0.05, 0.1) is 17.9 Å². The van der Waals surface area contributed by atoms with Gasteiger partial charge in [-0.15, -0.1) is 0 Å². The first-order valence-corrected chi connectivity index (χ1v) is 9.65. The number of aromatic amines is 1. The summed E-state index contributed by atoms with van der Waals surface area (Å²) in [5, 5.41) is 7.60. The highest BCUT2D eigenvalue weighted by Crippen LogP contribution is 2.31. The molecule has 4 aromatic rings. The van der Waals surface area contributed by atoms with Crippen molar-refractivity contribution in [2.75, 3.05) is 26.2 Å². The molecule has 1 aliphatic rings. The number of rotatable bonds is 4. The summed E-state index contributed by atoms with van der Waals surface area (Å²) in [5.74, 6) is 0.995. The third-order valence-electron chi connectivity index (χ3n) is 5.20. The van der Waals surface area contributed by atoms with Gasteiger partial charge in [-0.2, -0.15) is 5.10 Å². The fraction of sp³-hybridized carbons (Fsp3) is 0.286. The molecule has 0 saturated carbocycles. The molecular formula is C21H23N7. The predicted octanol–water partition coefficient (Wildman–Crippen LogP) is 2.50. The average Bonchev–Trinajstić information content (AvgIpc) is 3.35. The number of benzene rings is 1. The Morgan fingerprint density at radius 1 is 1.07 bits per heavy atom. The van der Waals surface area contributed by atoms with Crippen LogP contribution in [0.15, 0.2) is 48.9 Å². The van der Waals surface area contributed by atoms with Crippen LogP contribution in [0.1, 0.15) is 11.4 Å². The van der Waals surface area contributed by atoms with E-state index in [1.54, 1.807) is 10.8 Å². The predicted molar refractivity (Wildman–Crippen MR) is 109 cm³/mol. The van der Waals surface area contributed by atoms with Crippen molar-refractivity contribution < 1.29 is 0 Å². The minimum Gasteiger partial charge on any atom is -0.340 e. The highest BCUT2D eigenvalue weighted by atomic mass is 15.3. The maximum atomic E-state index is 5.00. The number of nitrogens with zero attached hydrogens (tertiary/aromatic N) is 5. The molecule has 1 aliphatic heterocycles. The van der Waals surface area contributed by atoms with Gasteiger partial charge < -0.3 is 10.3 Å². The molecule has 3 aromatic heterocycles. The fourth-order valence-electron chi connectivity index (χ4n) is 3.76. The molecule has 4 heterocycles. The number of aryl methyl sites for hydroxylation is 1. The van der Waals surface area contributed by atoms with Crippen LogP contribution < -0.4 is 5.32 Å². The fourth-order valence-corrected chi connectivity index (χ4v) is 3.76. The molecular weight excluding hydrogens is 350 g/mol. The van der Waals surface area contributed by atoms with Gasteiger partial charge in [-0.1, -0.05) is 23.8 Å². The van der Waals surface area contributed by atoms with E-state index in [-0.39, 0.29) is 0 Å². The van der Waals surface area contributed by atoms with Crippen LogP contribution in [-0.2, 0) is 6.54 Å². The zero-order valence-corrected chi connectivity index (χ0v) is 15.9. The summed E-state index contributed by atoms with van der Waals surface area (Å²) in [7, 11) is 0. The molecule has 1 fully saturated rings. The van der Waals surface area contributed by atoms with E-state index in [1.807, 2.05) is 6.20 Å². The van der Waals surface area contributed by atoms with E-state index in [0.717, 1.165) is 66.7 Å². The van der Waals surface area contributed by atoms with Gasteiger partial charge in [-0.05, 0) is 25.1 Å². The van der Waals surface area contributed by atoms with Crippen LogP contribution in [-0.4, -0.2) is 55.6 Å². The number of aromatic nitrogens is 5. The van der Waals surface area contributed by atoms with Crippen LogP contribution in [0.4, 0.5) is 0 Å². The number of H-pyrrole nitrogens is 1. The molecule has 5 rings (SSSR count). The Bertz CT molecular complexity index is 1100. The standard InChI is InChI=1S/C21H23N7/c1-15-3-2-4-16(11-15)20-21(17-5-8-28-19(12-17)23-14-24-28)26-18(25-20)13-27-9-6-22-7-10-27/h2-5,8,11-12,14,22H,6-7,9-10,13H2,1H3,(H,25,26). The van der Waals surface area contributed by atoms with Crippen molar-refractivity contribution >= 4 is 5.65 Å². The highest BCUT2D eigenvalue weighted by molar-refractivity contribution is 5.79. The lowest BCUT2D eigenvalue weighted by Crippen LogP contribution is -2.43. The van der Waals surface area contributed by atoms with Crippen LogP contribution in [0, 0.1) is 6.92 Å². The van der Waals surface area contributed by atoms with Gasteiger partial charge in [0, 0.05) is 43.5 Å². The summed E-state index contributed by atoms with van der Waals surface area (Å²) in [6, 6.07) is 12.6. The lowest BCUT2D eigenvalue weighted by molar-refractivity contribution is 0.228. The Hall–Kier alpha value is -3.03. The van der Waals surface area contributed by atoms with Crippen molar-refractivity contribution in [2.45, 2.75) is 13.5 Å². The summed E-state index contributed by atoms with van der Waals surface area (Å²) in [4.78, 5) is 15.3. The Balaban J connectivity index is 1.58.